The fourth-order valence-corrected chi connectivity index (χ4v) is 3.51. The lowest BCUT2D eigenvalue weighted by atomic mass is 9.99. The third-order valence-corrected chi connectivity index (χ3v) is 4.26. The molecule has 2 nitrogen and oxygen atoms in total. The molecule has 0 saturated heterocycles. The maximum atomic E-state index is 4.63. The molecule has 1 aliphatic rings. The van der Waals surface area contributed by atoms with Crippen molar-refractivity contribution >= 4 is 11.3 Å². The summed E-state index contributed by atoms with van der Waals surface area (Å²) in [7, 11) is 0. The van der Waals surface area contributed by atoms with Gasteiger partial charge in [-0.15, -0.1) is 11.3 Å². The molecule has 1 aliphatic heterocycles. The molecule has 1 atom stereocenters. The molecule has 0 amide bonds. The summed E-state index contributed by atoms with van der Waals surface area (Å²) in [6, 6.07) is 9.08. The molecule has 1 aromatic heterocycles. The summed E-state index contributed by atoms with van der Waals surface area (Å²) >= 11 is 1.83. The molecule has 88 valence electrons. The van der Waals surface area contributed by atoms with E-state index in [1.807, 2.05) is 11.3 Å². The van der Waals surface area contributed by atoms with E-state index in [1.165, 1.54) is 26.7 Å². The second kappa shape index (κ2) is 4.24. The van der Waals surface area contributed by atoms with Gasteiger partial charge in [-0.1, -0.05) is 29.8 Å². The van der Waals surface area contributed by atoms with Crippen molar-refractivity contribution in [3.63, 3.8) is 0 Å². The maximum Gasteiger partial charge on any atom is 0.0900 e. The van der Waals surface area contributed by atoms with Gasteiger partial charge in [-0.3, -0.25) is 0 Å². The van der Waals surface area contributed by atoms with Crippen molar-refractivity contribution in [1.82, 2.24) is 10.3 Å². The van der Waals surface area contributed by atoms with Crippen molar-refractivity contribution in [3.05, 3.63) is 51.0 Å². The number of rotatable bonds is 1. The summed E-state index contributed by atoms with van der Waals surface area (Å²) in [6.45, 7) is 5.26. The third kappa shape index (κ3) is 2.01. The summed E-state index contributed by atoms with van der Waals surface area (Å²) in [4.78, 5) is 6.03. The molecule has 0 radical (unpaired) electrons. The average Bonchev–Trinajstić information content (AvgIpc) is 2.68. The van der Waals surface area contributed by atoms with E-state index >= 15 is 0 Å². The van der Waals surface area contributed by atoms with Gasteiger partial charge in [0.15, 0.2) is 0 Å². The largest absolute Gasteiger partial charge is 0.305 e. The summed E-state index contributed by atoms with van der Waals surface area (Å²) in [6.07, 6.45) is 1.06. The van der Waals surface area contributed by atoms with Crippen molar-refractivity contribution in [2.24, 2.45) is 0 Å². The van der Waals surface area contributed by atoms with Gasteiger partial charge in [0.1, 0.15) is 0 Å². The van der Waals surface area contributed by atoms with Gasteiger partial charge in [-0.2, -0.15) is 0 Å². The number of hydrogen-bond donors (Lipinski definition) is 1. The molecule has 1 aromatic carbocycles. The molecule has 0 bridgehead atoms. The highest BCUT2D eigenvalue weighted by Crippen LogP contribution is 2.33. The first kappa shape index (κ1) is 10.9. The van der Waals surface area contributed by atoms with E-state index in [2.05, 4.69) is 48.4 Å². The van der Waals surface area contributed by atoms with Gasteiger partial charge in [0.2, 0.25) is 0 Å². The van der Waals surface area contributed by atoms with Crippen LogP contribution in [0.1, 0.15) is 32.7 Å². The first-order valence-corrected chi connectivity index (χ1v) is 6.82. The van der Waals surface area contributed by atoms with Gasteiger partial charge in [-0.05, 0) is 19.4 Å². The predicted octanol–water partition coefficient (Wildman–Crippen LogP) is 3.00. The van der Waals surface area contributed by atoms with E-state index in [9.17, 15) is 0 Å². The number of fused-ring (bicyclic) bond motifs is 1. The highest BCUT2D eigenvalue weighted by Gasteiger charge is 2.24. The van der Waals surface area contributed by atoms with E-state index in [-0.39, 0.29) is 0 Å². The lowest BCUT2D eigenvalue weighted by Gasteiger charge is -2.23. The molecular formula is C14H16N2S. The molecule has 0 saturated carbocycles. The number of benzene rings is 1. The van der Waals surface area contributed by atoms with Gasteiger partial charge in [0.25, 0.3) is 0 Å². The molecule has 2 aromatic rings. The van der Waals surface area contributed by atoms with E-state index in [1.54, 1.807) is 0 Å². The van der Waals surface area contributed by atoms with Crippen molar-refractivity contribution < 1.29 is 0 Å². The van der Waals surface area contributed by atoms with Crippen LogP contribution in [0.4, 0.5) is 0 Å². The number of aryl methyl sites for hydroxylation is 2. The summed E-state index contributed by atoms with van der Waals surface area (Å²) in [5.74, 6) is 0. The standard InChI is InChI=1S/C14H16N2S/c1-9-4-3-5-11(8-9)13-14-12(6-7-15-13)16-10(2)17-14/h3-5,8,13,15H,6-7H2,1-2H3. The third-order valence-electron chi connectivity index (χ3n) is 3.18. The van der Waals surface area contributed by atoms with Gasteiger partial charge < -0.3 is 5.32 Å². The second-order valence-corrected chi connectivity index (χ2v) is 5.83. The molecule has 3 heteroatoms. The second-order valence-electron chi connectivity index (χ2n) is 4.60. The fourth-order valence-electron chi connectivity index (χ4n) is 2.44. The van der Waals surface area contributed by atoms with Crippen LogP contribution in [0.5, 0.6) is 0 Å². The Labute approximate surface area is 106 Å². The molecule has 17 heavy (non-hydrogen) atoms. The van der Waals surface area contributed by atoms with Crippen LogP contribution in [0.2, 0.25) is 0 Å². The lowest BCUT2D eigenvalue weighted by molar-refractivity contribution is 0.570. The normalized spacial score (nSPS) is 19.1. The number of nitrogens with zero attached hydrogens (tertiary/aromatic N) is 1. The summed E-state index contributed by atoms with van der Waals surface area (Å²) < 4.78 is 0. The maximum absolute atomic E-state index is 4.63. The fraction of sp³-hybridized carbons (Fsp3) is 0.357. The van der Waals surface area contributed by atoms with E-state index in [4.69, 9.17) is 0 Å². The lowest BCUT2D eigenvalue weighted by Crippen LogP contribution is -2.29. The van der Waals surface area contributed by atoms with Crippen LogP contribution >= 0.6 is 11.3 Å². The van der Waals surface area contributed by atoms with Crippen molar-refractivity contribution in [2.45, 2.75) is 26.3 Å². The van der Waals surface area contributed by atoms with Crippen LogP contribution in [0, 0.1) is 13.8 Å². The van der Waals surface area contributed by atoms with Crippen molar-refractivity contribution in [1.29, 1.82) is 0 Å². The van der Waals surface area contributed by atoms with E-state index < -0.39 is 0 Å². The zero-order chi connectivity index (χ0) is 11.8. The Bertz CT molecular complexity index is 545. The minimum Gasteiger partial charge on any atom is -0.305 e. The van der Waals surface area contributed by atoms with Crippen LogP contribution in [-0.4, -0.2) is 11.5 Å². The average molecular weight is 244 g/mol. The van der Waals surface area contributed by atoms with E-state index in [0.717, 1.165) is 13.0 Å². The van der Waals surface area contributed by atoms with Crippen LogP contribution in [0.25, 0.3) is 0 Å². The zero-order valence-electron chi connectivity index (χ0n) is 10.2. The Morgan fingerprint density at radius 3 is 3.06 bits per heavy atom. The summed E-state index contributed by atoms with van der Waals surface area (Å²) in [5.41, 5.74) is 3.96. The molecule has 1 unspecified atom stereocenters. The Hall–Kier alpha value is -1.19. The molecule has 0 spiro atoms. The van der Waals surface area contributed by atoms with Crippen molar-refractivity contribution in [2.75, 3.05) is 6.54 Å². The first-order chi connectivity index (χ1) is 8.24. The zero-order valence-corrected chi connectivity index (χ0v) is 11.0. The highest BCUT2D eigenvalue weighted by atomic mass is 32.1. The predicted molar refractivity (Wildman–Crippen MR) is 71.6 cm³/mol. The number of thiazole rings is 1. The van der Waals surface area contributed by atoms with Crippen LogP contribution in [0.3, 0.4) is 0 Å². The SMILES string of the molecule is Cc1cccc(C2NCCc3nc(C)sc32)c1. The minimum atomic E-state index is 0.338. The Kier molecular flexibility index (Phi) is 2.73. The van der Waals surface area contributed by atoms with Crippen LogP contribution in [-0.2, 0) is 6.42 Å². The molecular weight excluding hydrogens is 228 g/mol. The number of nitrogens with one attached hydrogen (secondary N) is 1. The summed E-state index contributed by atoms with van der Waals surface area (Å²) in [5, 5.41) is 4.78. The van der Waals surface area contributed by atoms with Crippen LogP contribution in [0.15, 0.2) is 24.3 Å². The van der Waals surface area contributed by atoms with Crippen molar-refractivity contribution in [3.8, 4) is 0 Å². The molecule has 1 N–H and O–H groups in total. The molecule has 0 fully saturated rings. The Balaban J connectivity index is 2.05. The van der Waals surface area contributed by atoms with Gasteiger partial charge >= 0.3 is 0 Å². The molecule has 3 rings (SSSR count). The quantitative estimate of drug-likeness (QED) is 0.834. The molecule has 0 aliphatic carbocycles. The van der Waals surface area contributed by atoms with E-state index in [0.29, 0.717) is 6.04 Å². The number of hydrogen-bond acceptors (Lipinski definition) is 3. The Morgan fingerprint density at radius 1 is 1.35 bits per heavy atom. The van der Waals surface area contributed by atoms with Gasteiger partial charge in [0, 0.05) is 17.8 Å². The first-order valence-electron chi connectivity index (χ1n) is 6.00. The smallest absolute Gasteiger partial charge is 0.0900 e. The molecule has 2 heterocycles. The van der Waals surface area contributed by atoms with Crippen LogP contribution < -0.4 is 5.32 Å². The number of aromatic nitrogens is 1. The highest BCUT2D eigenvalue weighted by molar-refractivity contribution is 7.11. The van der Waals surface area contributed by atoms with Gasteiger partial charge in [-0.25, -0.2) is 4.98 Å². The Morgan fingerprint density at radius 2 is 2.24 bits per heavy atom. The minimum absolute atomic E-state index is 0.338. The monoisotopic (exact) mass is 244 g/mol. The topological polar surface area (TPSA) is 24.9 Å². The van der Waals surface area contributed by atoms with Gasteiger partial charge in [0.05, 0.1) is 16.7 Å².